The fourth-order valence-electron chi connectivity index (χ4n) is 6.28. The summed E-state index contributed by atoms with van der Waals surface area (Å²) in [5.74, 6) is -1.25. The zero-order valence-electron chi connectivity index (χ0n) is 38.3. The van der Waals surface area contributed by atoms with Crippen LogP contribution >= 0.6 is 0 Å². The lowest BCUT2D eigenvalue weighted by atomic mass is 10.1. The molecule has 0 spiro atoms. The molecule has 28 heteroatoms. The van der Waals surface area contributed by atoms with Crippen LogP contribution in [-0.2, 0) is 29.8 Å². The minimum absolute atomic E-state index is 0.0213. The predicted octanol–water partition coefficient (Wildman–Crippen LogP) is 1.98. The molecule has 0 bridgehead atoms. The number of anilines is 10. The highest BCUT2D eigenvalue weighted by atomic mass is 32.2. The van der Waals surface area contributed by atoms with Gasteiger partial charge in [0.2, 0.25) is 47.5 Å². The highest BCUT2D eigenvalue weighted by molar-refractivity contribution is 7.86. The first-order valence-electron chi connectivity index (χ1n) is 21.6. The second kappa shape index (κ2) is 26.3. The first-order chi connectivity index (χ1) is 34.4. The molecule has 0 saturated heterocycles. The average Bonchev–Trinajstić information content (AvgIpc) is 3.33. The molecule has 2 heterocycles. The van der Waals surface area contributed by atoms with E-state index in [-0.39, 0.29) is 117 Å². The average molecular weight is 1030 g/mol. The molecule has 26 nitrogen and oxygen atoms in total. The molecule has 15 N–H and O–H groups in total. The molecule has 0 aliphatic rings. The number of nitrogens with one attached hydrogen (secondary N) is 4. The molecule has 0 radical (unpaired) electrons. The largest absolute Gasteiger partial charge is 0.395 e. The Kier molecular flexibility index (Phi) is 20.1. The van der Waals surface area contributed by atoms with E-state index in [4.69, 9.17) is 22.3 Å². The van der Waals surface area contributed by atoms with E-state index in [0.29, 0.717) is 17.9 Å². The van der Waals surface area contributed by atoms with Gasteiger partial charge >= 0.3 is 0 Å². The van der Waals surface area contributed by atoms with Gasteiger partial charge in [0, 0.05) is 68.3 Å². The van der Waals surface area contributed by atoms with Crippen molar-refractivity contribution >= 4 is 103 Å². The van der Waals surface area contributed by atoms with Crippen molar-refractivity contribution in [2.45, 2.75) is 22.6 Å². The Morgan fingerprint density at radius 1 is 0.500 bits per heavy atom. The summed E-state index contributed by atoms with van der Waals surface area (Å²) in [6, 6.07) is 25.4. The summed E-state index contributed by atoms with van der Waals surface area (Å²) in [6.07, 6.45) is 2.25. The number of hydrogen-bond acceptors (Lipinski definition) is 22. The number of primary amides is 2. The molecule has 72 heavy (non-hydrogen) atoms. The van der Waals surface area contributed by atoms with Crippen molar-refractivity contribution in [3.63, 3.8) is 0 Å². The van der Waals surface area contributed by atoms with Crippen molar-refractivity contribution < 1.29 is 50.8 Å². The monoisotopic (exact) mass is 1030 g/mol. The van der Waals surface area contributed by atoms with Crippen molar-refractivity contribution in [2.75, 3.05) is 83.6 Å². The van der Waals surface area contributed by atoms with Crippen molar-refractivity contribution in [1.82, 2.24) is 29.9 Å². The minimum Gasteiger partial charge on any atom is -0.395 e. The summed E-state index contributed by atoms with van der Waals surface area (Å²) in [5, 5.41) is 39.1. The molecule has 4 aromatic carbocycles. The van der Waals surface area contributed by atoms with E-state index in [2.05, 4.69) is 51.2 Å². The lowest BCUT2D eigenvalue weighted by Gasteiger charge is -2.22. The van der Waals surface area contributed by atoms with Gasteiger partial charge in [-0.25, -0.2) is 0 Å². The summed E-state index contributed by atoms with van der Waals surface area (Å²) in [6.45, 7) is -0.0261. The number of nitrogens with two attached hydrogens (primary N) is 3. The van der Waals surface area contributed by atoms with Gasteiger partial charge in [0.25, 0.3) is 20.2 Å². The van der Waals surface area contributed by atoms with Crippen LogP contribution in [0.25, 0.3) is 12.2 Å². The molecule has 2 aromatic heterocycles. The lowest BCUT2D eigenvalue weighted by Crippen LogP contribution is -2.32. The van der Waals surface area contributed by atoms with Gasteiger partial charge in [0.05, 0.1) is 19.8 Å². The van der Waals surface area contributed by atoms with Gasteiger partial charge < -0.3 is 63.6 Å². The molecule has 0 fully saturated rings. The van der Waals surface area contributed by atoms with E-state index in [1.165, 1.54) is 46.2 Å². The number of aliphatic hydroxyl groups is 3. The van der Waals surface area contributed by atoms with Crippen molar-refractivity contribution in [2.24, 2.45) is 17.2 Å². The Bertz CT molecular complexity index is 2830. The number of benzene rings is 4. The maximum Gasteiger partial charge on any atom is 0.295 e. The van der Waals surface area contributed by atoms with Crippen LogP contribution in [0.1, 0.15) is 24.0 Å². The fraction of sp³-hybridized carbons (Fsp3) is 0.227. The third kappa shape index (κ3) is 17.2. The number of carbonyl (C=O) groups excluding carboxylic acids is 2. The summed E-state index contributed by atoms with van der Waals surface area (Å²) >= 11 is 0. The van der Waals surface area contributed by atoms with Crippen molar-refractivity contribution in [3.8, 4) is 0 Å². The van der Waals surface area contributed by atoms with E-state index >= 15 is 0 Å². The van der Waals surface area contributed by atoms with Crippen LogP contribution in [0.3, 0.4) is 0 Å². The highest BCUT2D eigenvalue weighted by Crippen LogP contribution is 2.29. The molecule has 6 rings (SSSR count). The second-order valence-electron chi connectivity index (χ2n) is 15.0. The molecule has 382 valence electrons. The number of amides is 2. The number of aromatic nitrogens is 6. The number of hydrogen-bond donors (Lipinski definition) is 12. The molecular weight excluding hydrogens is 979 g/mol. The smallest absolute Gasteiger partial charge is 0.295 e. The molecule has 0 aliphatic heterocycles. The normalized spacial score (nSPS) is 11.3. The van der Waals surface area contributed by atoms with Gasteiger partial charge in [-0.05, 0) is 59.7 Å². The minimum atomic E-state index is -4.95. The molecular formula is C44H53N15O11S2. The molecule has 0 aliphatic carbocycles. The van der Waals surface area contributed by atoms with Crippen molar-refractivity contribution in [3.05, 3.63) is 108 Å². The third-order valence-electron chi connectivity index (χ3n) is 9.54. The van der Waals surface area contributed by atoms with Gasteiger partial charge in [-0.15, -0.1) is 0 Å². The second-order valence-corrected chi connectivity index (χ2v) is 17.7. The Hall–Kier alpha value is -7.96. The SMILES string of the molecule is NC(=O)CCN(CCO)c1nc(Nc2ccccc2)nc(Nc2ccc(C=Cc3ccc(Nc4nc(Nc5ccccc5)nc(N(CCO)CCC(N)=O)n4)cc3S(=O)(=O)O)c(S(=O)(=O)O)c2)n1.NCCO. The summed E-state index contributed by atoms with van der Waals surface area (Å²) in [4.78, 5) is 51.5. The molecule has 2 amide bonds. The van der Waals surface area contributed by atoms with E-state index in [1.807, 2.05) is 0 Å². The lowest BCUT2D eigenvalue weighted by molar-refractivity contribution is -0.118. The van der Waals surface area contributed by atoms with Crippen LogP contribution in [-0.4, -0.2) is 136 Å². The highest BCUT2D eigenvalue weighted by Gasteiger charge is 2.21. The Morgan fingerprint density at radius 2 is 0.833 bits per heavy atom. The van der Waals surface area contributed by atoms with Gasteiger partial charge in [-0.1, -0.05) is 60.7 Å². The van der Waals surface area contributed by atoms with Crippen LogP contribution in [0.5, 0.6) is 0 Å². The molecule has 0 atom stereocenters. The zero-order chi connectivity index (χ0) is 52.3. The van der Waals surface area contributed by atoms with E-state index in [0.717, 1.165) is 12.1 Å². The quantitative estimate of drug-likeness (QED) is 0.0288. The predicted molar refractivity (Wildman–Crippen MR) is 269 cm³/mol. The third-order valence-corrected chi connectivity index (χ3v) is 11.4. The fourth-order valence-corrected chi connectivity index (χ4v) is 7.70. The van der Waals surface area contributed by atoms with Crippen LogP contribution in [0.4, 0.5) is 58.4 Å². The molecule has 6 aromatic rings. The van der Waals surface area contributed by atoms with Gasteiger partial charge in [0.15, 0.2) is 0 Å². The molecule has 0 unspecified atom stereocenters. The Labute approximate surface area is 413 Å². The number of para-hydroxylation sites is 2. The Balaban J connectivity index is 0.00000232. The maximum atomic E-state index is 12.8. The first kappa shape index (κ1) is 55.0. The van der Waals surface area contributed by atoms with Crippen LogP contribution < -0.4 is 48.3 Å². The number of nitrogens with zero attached hydrogens (tertiary/aromatic N) is 8. The standard InChI is InChI=1S/C42H46N14O10S2.C2H7NO/c43-35(59)17-19-55(21-23-57)41-51-37(45-29-7-3-1-4-8-29)49-39(53-41)47-31-15-13-27(33(25-31)67(61,62)63)11-12-28-14-16-32(26-34(28)68(64,65)66)48-40-50-38(46-30-9-5-2-6-10-30)52-42(54-40)56(22-24-58)20-18-36(44)60;3-1-2-4/h1-16,25-26,57-58H,17-24H2,(H2,43,59)(H2,44,60)(H,61,62,63)(H,64,65,66)(H2,45,47,49,51,53)(H2,46,48,50,52,54);4H,1-3H2. The number of carbonyl (C=O) groups is 2. The van der Waals surface area contributed by atoms with Gasteiger partial charge in [0.1, 0.15) is 9.79 Å². The maximum absolute atomic E-state index is 12.8. The van der Waals surface area contributed by atoms with Crippen LogP contribution in [0.2, 0.25) is 0 Å². The van der Waals surface area contributed by atoms with Crippen LogP contribution in [0.15, 0.2) is 107 Å². The Morgan fingerprint density at radius 3 is 1.12 bits per heavy atom. The van der Waals surface area contributed by atoms with E-state index < -0.39 is 41.8 Å². The van der Waals surface area contributed by atoms with E-state index in [1.54, 1.807) is 60.7 Å². The summed E-state index contributed by atoms with van der Waals surface area (Å²) in [7, 11) is -9.90. The number of rotatable bonds is 25. The van der Waals surface area contributed by atoms with Crippen LogP contribution in [0, 0.1) is 0 Å². The van der Waals surface area contributed by atoms with Gasteiger partial charge in [-0.3, -0.25) is 18.7 Å². The number of aliphatic hydroxyl groups excluding tert-OH is 3. The first-order valence-corrected chi connectivity index (χ1v) is 24.5. The van der Waals surface area contributed by atoms with Gasteiger partial charge in [-0.2, -0.15) is 46.7 Å². The van der Waals surface area contributed by atoms with Crippen molar-refractivity contribution in [1.29, 1.82) is 0 Å². The topological polar surface area (TPSA) is 414 Å². The summed E-state index contributed by atoms with van der Waals surface area (Å²) < 4.78 is 71.8. The molecule has 0 saturated carbocycles. The summed E-state index contributed by atoms with van der Waals surface area (Å²) in [5.41, 5.74) is 16.7. The van der Waals surface area contributed by atoms with E-state index in [9.17, 15) is 45.7 Å². The zero-order valence-corrected chi connectivity index (χ0v) is 39.9.